The van der Waals surface area contributed by atoms with Gasteiger partial charge in [-0.2, -0.15) is 0 Å². The molecule has 1 aliphatic rings. The van der Waals surface area contributed by atoms with Gasteiger partial charge in [0.15, 0.2) is 0 Å². The van der Waals surface area contributed by atoms with Crippen molar-refractivity contribution in [1.82, 2.24) is 0 Å². The maximum Gasteiger partial charge on any atom is 0.0585 e. The number of hydrogen-bond donors (Lipinski definition) is 0. The van der Waals surface area contributed by atoms with E-state index in [-0.39, 0.29) is 0 Å². The smallest absolute Gasteiger partial charge is 0.0585 e. The molecule has 0 aromatic heterocycles. The minimum Gasteiger partial charge on any atom is -0.342 e. The lowest BCUT2D eigenvalue weighted by molar-refractivity contribution is 1.02. The zero-order valence-electron chi connectivity index (χ0n) is 14.9. The minimum atomic E-state index is 1.38. The molecular formula is C20H25NS. The van der Waals surface area contributed by atoms with Crippen molar-refractivity contribution in [3.8, 4) is 0 Å². The third-order valence-electron chi connectivity index (χ3n) is 5.43. The van der Waals surface area contributed by atoms with Crippen LogP contribution in [0, 0.1) is 48.5 Å². The predicted molar refractivity (Wildman–Crippen MR) is 98.2 cm³/mol. The van der Waals surface area contributed by atoms with E-state index >= 15 is 0 Å². The Kier molecular flexibility index (Phi) is 3.56. The van der Waals surface area contributed by atoms with Crippen LogP contribution in [0.3, 0.4) is 0 Å². The van der Waals surface area contributed by atoms with Crippen LogP contribution in [0.1, 0.15) is 38.9 Å². The third-order valence-corrected chi connectivity index (χ3v) is 6.85. The Balaban J connectivity index is 2.38. The van der Waals surface area contributed by atoms with Crippen molar-refractivity contribution in [1.29, 1.82) is 0 Å². The molecule has 116 valence electrons. The number of fused-ring (bicyclic) bond motifs is 2. The van der Waals surface area contributed by atoms with Crippen LogP contribution in [0.15, 0.2) is 15.9 Å². The summed E-state index contributed by atoms with van der Waals surface area (Å²) in [5, 5.41) is 0. The molecule has 0 spiro atoms. The van der Waals surface area contributed by atoms with Gasteiger partial charge in [0.25, 0.3) is 0 Å². The van der Waals surface area contributed by atoms with E-state index in [1.54, 1.807) is 0 Å². The summed E-state index contributed by atoms with van der Waals surface area (Å²) in [6.07, 6.45) is 0. The molecule has 1 aliphatic heterocycles. The second-order valence-corrected chi connectivity index (χ2v) is 7.67. The fraction of sp³-hybridized carbons (Fsp3) is 0.400. The first-order chi connectivity index (χ1) is 10.3. The summed E-state index contributed by atoms with van der Waals surface area (Å²) in [6, 6.07) is 2.32. The molecular weight excluding hydrogens is 286 g/mol. The molecule has 0 N–H and O–H groups in total. The van der Waals surface area contributed by atoms with Gasteiger partial charge < -0.3 is 4.90 Å². The van der Waals surface area contributed by atoms with Gasteiger partial charge in [0, 0.05) is 16.8 Å². The summed E-state index contributed by atoms with van der Waals surface area (Å²) < 4.78 is 0. The number of nitrogens with zero attached hydrogens (tertiary/aromatic N) is 1. The number of benzene rings is 2. The molecule has 0 bridgehead atoms. The fourth-order valence-electron chi connectivity index (χ4n) is 3.58. The standard InChI is InChI=1S/C20H25NS/c1-10-9-11(2)19-17(12(10)3)21(8)18-15(6)13(4)14(5)16(7)20(18)22-19/h9H,1-8H3. The van der Waals surface area contributed by atoms with Crippen LogP contribution in [0.4, 0.5) is 11.4 Å². The maximum atomic E-state index is 2.42. The maximum absolute atomic E-state index is 2.42. The second-order valence-electron chi connectivity index (χ2n) is 6.65. The average molecular weight is 311 g/mol. The number of rotatable bonds is 0. The summed E-state index contributed by atoms with van der Waals surface area (Å²) >= 11 is 1.96. The summed E-state index contributed by atoms with van der Waals surface area (Å²) in [7, 11) is 2.23. The summed E-state index contributed by atoms with van der Waals surface area (Å²) in [5.41, 5.74) is 12.6. The monoisotopic (exact) mass is 311 g/mol. The van der Waals surface area contributed by atoms with E-state index in [1.165, 1.54) is 60.1 Å². The van der Waals surface area contributed by atoms with Crippen molar-refractivity contribution < 1.29 is 0 Å². The van der Waals surface area contributed by atoms with Crippen molar-refractivity contribution in [2.75, 3.05) is 11.9 Å². The highest BCUT2D eigenvalue weighted by Gasteiger charge is 2.28. The van der Waals surface area contributed by atoms with Crippen LogP contribution in [-0.4, -0.2) is 7.05 Å². The number of aryl methyl sites for hydroxylation is 2. The van der Waals surface area contributed by atoms with E-state index in [4.69, 9.17) is 0 Å². The molecule has 2 aromatic carbocycles. The summed E-state index contributed by atoms with van der Waals surface area (Å²) in [6.45, 7) is 15.7. The average Bonchev–Trinajstić information content (AvgIpc) is 2.47. The Labute approximate surface area is 138 Å². The van der Waals surface area contributed by atoms with Crippen LogP contribution >= 0.6 is 11.8 Å². The van der Waals surface area contributed by atoms with Crippen LogP contribution in [-0.2, 0) is 0 Å². The highest BCUT2D eigenvalue weighted by atomic mass is 32.2. The van der Waals surface area contributed by atoms with Gasteiger partial charge in [-0.25, -0.2) is 0 Å². The van der Waals surface area contributed by atoms with Crippen molar-refractivity contribution in [3.63, 3.8) is 0 Å². The first-order valence-electron chi connectivity index (χ1n) is 7.88. The first-order valence-corrected chi connectivity index (χ1v) is 8.70. The van der Waals surface area contributed by atoms with E-state index in [0.717, 1.165) is 0 Å². The third kappa shape index (κ3) is 1.93. The van der Waals surface area contributed by atoms with Gasteiger partial charge in [0.1, 0.15) is 0 Å². The van der Waals surface area contributed by atoms with Crippen LogP contribution < -0.4 is 4.90 Å². The summed E-state index contributed by atoms with van der Waals surface area (Å²) in [4.78, 5) is 5.27. The van der Waals surface area contributed by atoms with Crippen molar-refractivity contribution in [2.24, 2.45) is 0 Å². The van der Waals surface area contributed by atoms with Gasteiger partial charge >= 0.3 is 0 Å². The van der Waals surface area contributed by atoms with Gasteiger partial charge in [-0.15, -0.1) is 0 Å². The van der Waals surface area contributed by atoms with Crippen molar-refractivity contribution in [3.05, 3.63) is 45.0 Å². The fourth-order valence-corrected chi connectivity index (χ4v) is 5.08. The van der Waals surface area contributed by atoms with Gasteiger partial charge in [-0.1, -0.05) is 17.8 Å². The molecule has 2 heteroatoms. The molecule has 0 atom stereocenters. The molecule has 0 amide bonds. The van der Waals surface area contributed by atoms with E-state index < -0.39 is 0 Å². The molecule has 0 unspecified atom stereocenters. The first kappa shape index (κ1) is 15.5. The molecule has 0 aliphatic carbocycles. The Hall–Kier alpha value is -1.41. The zero-order chi connectivity index (χ0) is 16.3. The highest BCUT2D eigenvalue weighted by molar-refractivity contribution is 7.99. The summed E-state index contributed by atoms with van der Waals surface area (Å²) in [5.74, 6) is 0. The predicted octanol–water partition coefficient (Wildman–Crippen LogP) is 6.08. The highest BCUT2D eigenvalue weighted by Crippen LogP contribution is 2.54. The quantitative estimate of drug-likeness (QED) is 0.580. The second kappa shape index (κ2) is 5.06. The molecule has 0 saturated carbocycles. The lowest BCUT2D eigenvalue weighted by Crippen LogP contribution is -2.20. The van der Waals surface area contributed by atoms with Gasteiger partial charge in [0.05, 0.1) is 11.4 Å². The molecule has 1 nitrogen and oxygen atoms in total. The Morgan fingerprint density at radius 1 is 0.636 bits per heavy atom. The molecule has 1 heterocycles. The van der Waals surface area contributed by atoms with Crippen LogP contribution in [0.2, 0.25) is 0 Å². The van der Waals surface area contributed by atoms with Gasteiger partial charge in [-0.05, 0) is 87.4 Å². The van der Waals surface area contributed by atoms with Crippen molar-refractivity contribution in [2.45, 2.75) is 58.3 Å². The molecule has 0 radical (unpaired) electrons. The van der Waals surface area contributed by atoms with E-state index in [9.17, 15) is 0 Å². The zero-order valence-corrected chi connectivity index (χ0v) is 15.7. The largest absolute Gasteiger partial charge is 0.342 e. The van der Waals surface area contributed by atoms with E-state index in [1.807, 2.05) is 11.8 Å². The Morgan fingerprint density at radius 3 is 1.82 bits per heavy atom. The topological polar surface area (TPSA) is 3.24 Å². The lowest BCUT2D eigenvalue weighted by atomic mass is 9.95. The van der Waals surface area contributed by atoms with E-state index in [0.29, 0.717) is 0 Å². The van der Waals surface area contributed by atoms with Crippen molar-refractivity contribution >= 4 is 23.1 Å². The van der Waals surface area contributed by atoms with Gasteiger partial charge in [-0.3, -0.25) is 0 Å². The number of anilines is 2. The molecule has 2 aromatic rings. The Morgan fingerprint density at radius 2 is 1.18 bits per heavy atom. The molecule has 0 saturated heterocycles. The number of hydrogen-bond acceptors (Lipinski definition) is 2. The minimum absolute atomic E-state index is 1.38. The molecule has 0 fully saturated rings. The lowest BCUT2D eigenvalue weighted by Gasteiger charge is -2.36. The molecule has 3 rings (SSSR count). The van der Waals surface area contributed by atoms with Gasteiger partial charge in [0.2, 0.25) is 0 Å². The van der Waals surface area contributed by atoms with Crippen LogP contribution in [0.25, 0.3) is 0 Å². The normalized spacial score (nSPS) is 13.2. The Bertz CT molecular complexity index is 803. The SMILES string of the molecule is Cc1cc(C)c2c(c1C)N(C)c1c(C)c(C)c(C)c(C)c1S2. The van der Waals surface area contributed by atoms with Crippen LogP contribution in [0.5, 0.6) is 0 Å². The van der Waals surface area contributed by atoms with E-state index in [2.05, 4.69) is 66.5 Å². The molecule has 22 heavy (non-hydrogen) atoms.